The second-order valence-electron chi connectivity index (χ2n) is 6.03. The monoisotopic (exact) mass is 375 g/mol. The lowest BCUT2D eigenvalue weighted by molar-refractivity contribution is -0.118. The number of piperazine rings is 1. The molecule has 25 heavy (non-hydrogen) atoms. The Morgan fingerprint density at radius 1 is 1.20 bits per heavy atom. The highest BCUT2D eigenvalue weighted by Crippen LogP contribution is 2.27. The molecule has 0 bridgehead atoms. The Hall–Kier alpha value is -1.70. The summed E-state index contributed by atoms with van der Waals surface area (Å²) in [5.41, 5.74) is 3.62. The van der Waals surface area contributed by atoms with Crippen LogP contribution in [0.3, 0.4) is 0 Å². The molecule has 2 heterocycles. The molecule has 3 rings (SSSR count). The molecule has 1 amide bonds. The van der Waals surface area contributed by atoms with Gasteiger partial charge in [0, 0.05) is 42.2 Å². The van der Waals surface area contributed by atoms with Crippen LogP contribution in [-0.2, 0) is 10.5 Å². The topological polar surface area (TPSA) is 53.5 Å². The number of hydrogen-bond acceptors (Lipinski definition) is 6. The van der Waals surface area contributed by atoms with Crippen molar-refractivity contribution in [3.63, 3.8) is 0 Å². The first-order chi connectivity index (χ1) is 12.1. The van der Waals surface area contributed by atoms with Crippen molar-refractivity contribution in [1.82, 2.24) is 14.8 Å². The number of Topliss-reactive ketones (excluding diaryl/α,β-unsaturated/α-hetero) is 1. The van der Waals surface area contributed by atoms with Crippen molar-refractivity contribution in [2.24, 2.45) is 0 Å². The second kappa shape index (κ2) is 8.60. The zero-order chi connectivity index (χ0) is 17.6. The van der Waals surface area contributed by atoms with Crippen LogP contribution in [0.4, 0.5) is 0 Å². The molecule has 0 aliphatic carbocycles. The van der Waals surface area contributed by atoms with E-state index >= 15 is 0 Å². The predicted octanol–water partition coefficient (Wildman–Crippen LogP) is 2.78. The maximum absolute atomic E-state index is 12.9. The van der Waals surface area contributed by atoms with Crippen LogP contribution in [0.5, 0.6) is 0 Å². The Morgan fingerprint density at radius 2 is 1.96 bits per heavy atom. The minimum atomic E-state index is 0.0730. The summed E-state index contributed by atoms with van der Waals surface area (Å²) in [6.45, 7) is 4.91. The Kier molecular flexibility index (Phi) is 6.23. The molecular formula is C18H21N3O2S2. The van der Waals surface area contributed by atoms with E-state index in [0.717, 1.165) is 35.0 Å². The van der Waals surface area contributed by atoms with Gasteiger partial charge in [-0.25, -0.2) is 4.98 Å². The third-order valence-corrected chi connectivity index (χ3v) is 5.82. The van der Waals surface area contributed by atoms with Crippen molar-refractivity contribution in [3.8, 4) is 0 Å². The van der Waals surface area contributed by atoms with Crippen molar-refractivity contribution >= 4 is 34.8 Å². The van der Waals surface area contributed by atoms with Gasteiger partial charge in [-0.3, -0.25) is 14.5 Å². The number of carbonyl (C=O) groups is 2. The molecule has 1 aromatic carbocycles. The van der Waals surface area contributed by atoms with Gasteiger partial charge >= 0.3 is 0 Å². The fraction of sp³-hybridized carbons (Fsp3) is 0.389. The number of aromatic nitrogens is 1. The molecule has 132 valence electrons. The fourth-order valence-electron chi connectivity index (χ4n) is 2.82. The van der Waals surface area contributed by atoms with E-state index in [1.165, 1.54) is 0 Å². The largest absolute Gasteiger partial charge is 0.336 e. The number of amides is 1. The van der Waals surface area contributed by atoms with Crippen LogP contribution in [0, 0.1) is 0 Å². The summed E-state index contributed by atoms with van der Waals surface area (Å²) in [5, 5.41) is 2.03. The number of nitrogens with zero attached hydrogens (tertiary/aromatic N) is 3. The highest BCUT2D eigenvalue weighted by atomic mass is 32.2. The molecule has 1 fully saturated rings. The number of benzene rings is 1. The van der Waals surface area contributed by atoms with Gasteiger partial charge in [-0.1, -0.05) is 12.1 Å². The number of hydrogen-bond donors (Lipinski definition) is 0. The van der Waals surface area contributed by atoms with E-state index in [0.29, 0.717) is 19.6 Å². The van der Waals surface area contributed by atoms with Crippen LogP contribution in [0.1, 0.15) is 23.0 Å². The SMILES string of the molecule is CC(=O)CN1CCN(C(=O)c2ccccc2SCc2cscn2)CC1. The first-order valence-corrected chi connectivity index (χ1v) is 10.2. The van der Waals surface area contributed by atoms with Crippen LogP contribution >= 0.6 is 23.1 Å². The number of thiazole rings is 1. The lowest BCUT2D eigenvalue weighted by Gasteiger charge is -2.34. The van der Waals surface area contributed by atoms with Gasteiger partial charge in [-0.05, 0) is 19.1 Å². The van der Waals surface area contributed by atoms with E-state index in [1.54, 1.807) is 30.0 Å². The van der Waals surface area contributed by atoms with E-state index in [4.69, 9.17) is 0 Å². The summed E-state index contributed by atoms with van der Waals surface area (Å²) in [4.78, 5) is 33.4. The zero-order valence-corrected chi connectivity index (χ0v) is 15.8. The molecule has 2 aromatic rings. The molecule has 0 saturated carbocycles. The van der Waals surface area contributed by atoms with Gasteiger partial charge < -0.3 is 4.90 Å². The van der Waals surface area contributed by atoms with Gasteiger partial charge in [0.1, 0.15) is 5.78 Å². The second-order valence-corrected chi connectivity index (χ2v) is 7.77. The first kappa shape index (κ1) is 18.1. The van der Waals surface area contributed by atoms with Crippen molar-refractivity contribution in [2.45, 2.75) is 17.6 Å². The Balaban J connectivity index is 1.63. The van der Waals surface area contributed by atoms with Gasteiger partial charge in [0.05, 0.1) is 23.3 Å². The molecule has 1 aromatic heterocycles. The molecule has 0 radical (unpaired) electrons. The van der Waals surface area contributed by atoms with Crippen LogP contribution in [0.25, 0.3) is 0 Å². The van der Waals surface area contributed by atoms with Crippen LogP contribution in [0.15, 0.2) is 40.1 Å². The van der Waals surface area contributed by atoms with E-state index in [-0.39, 0.29) is 11.7 Å². The molecule has 5 nitrogen and oxygen atoms in total. The third kappa shape index (κ3) is 4.90. The molecule has 7 heteroatoms. The third-order valence-electron chi connectivity index (χ3n) is 4.08. The van der Waals surface area contributed by atoms with E-state index in [2.05, 4.69) is 9.88 Å². The standard InChI is InChI=1S/C18H21N3O2S2/c1-14(22)10-20-6-8-21(9-7-20)18(23)16-4-2-3-5-17(16)25-12-15-11-24-13-19-15/h2-5,11,13H,6-10,12H2,1H3. The molecule has 0 N–H and O–H groups in total. The molecular weight excluding hydrogens is 354 g/mol. The fourth-order valence-corrected chi connectivity index (χ4v) is 4.43. The van der Waals surface area contributed by atoms with E-state index in [1.807, 2.05) is 40.1 Å². The summed E-state index contributed by atoms with van der Waals surface area (Å²) >= 11 is 3.23. The highest BCUT2D eigenvalue weighted by molar-refractivity contribution is 7.98. The average Bonchev–Trinajstić information content (AvgIpc) is 3.13. The summed E-state index contributed by atoms with van der Waals surface area (Å²) in [6.07, 6.45) is 0. The van der Waals surface area contributed by atoms with Crippen LogP contribution in [0.2, 0.25) is 0 Å². The lowest BCUT2D eigenvalue weighted by atomic mass is 10.1. The number of rotatable bonds is 6. The predicted molar refractivity (Wildman–Crippen MR) is 101 cm³/mol. The summed E-state index contributed by atoms with van der Waals surface area (Å²) in [7, 11) is 0. The molecule has 1 saturated heterocycles. The molecule has 1 aliphatic rings. The smallest absolute Gasteiger partial charge is 0.255 e. The van der Waals surface area contributed by atoms with Gasteiger partial charge in [-0.15, -0.1) is 23.1 Å². The highest BCUT2D eigenvalue weighted by Gasteiger charge is 2.24. The maximum Gasteiger partial charge on any atom is 0.255 e. The Morgan fingerprint density at radius 3 is 2.64 bits per heavy atom. The normalized spacial score (nSPS) is 15.3. The Bertz CT molecular complexity index is 726. The zero-order valence-electron chi connectivity index (χ0n) is 14.2. The Labute approximate surface area is 156 Å². The molecule has 0 spiro atoms. The van der Waals surface area contributed by atoms with Gasteiger partial charge in [0.25, 0.3) is 5.91 Å². The average molecular weight is 376 g/mol. The van der Waals surface area contributed by atoms with Gasteiger partial charge in [0.2, 0.25) is 0 Å². The maximum atomic E-state index is 12.9. The van der Waals surface area contributed by atoms with Crippen molar-refractivity contribution in [2.75, 3.05) is 32.7 Å². The molecule has 0 atom stereocenters. The van der Waals surface area contributed by atoms with Gasteiger partial charge in [-0.2, -0.15) is 0 Å². The van der Waals surface area contributed by atoms with Crippen molar-refractivity contribution < 1.29 is 9.59 Å². The van der Waals surface area contributed by atoms with E-state index < -0.39 is 0 Å². The van der Waals surface area contributed by atoms with Crippen LogP contribution in [-0.4, -0.2) is 59.2 Å². The number of ketones is 1. The summed E-state index contributed by atoms with van der Waals surface area (Å²) in [5.74, 6) is 1.01. The lowest BCUT2D eigenvalue weighted by Crippen LogP contribution is -2.49. The minimum absolute atomic E-state index is 0.0730. The van der Waals surface area contributed by atoms with Crippen LogP contribution < -0.4 is 0 Å². The van der Waals surface area contributed by atoms with Crippen molar-refractivity contribution in [1.29, 1.82) is 0 Å². The van der Waals surface area contributed by atoms with Gasteiger partial charge in [0.15, 0.2) is 0 Å². The van der Waals surface area contributed by atoms with Crippen molar-refractivity contribution in [3.05, 3.63) is 46.4 Å². The number of thioether (sulfide) groups is 1. The molecule has 0 unspecified atom stereocenters. The minimum Gasteiger partial charge on any atom is -0.336 e. The number of carbonyl (C=O) groups excluding carboxylic acids is 2. The molecule has 1 aliphatic heterocycles. The summed E-state index contributed by atoms with van der Waals surface area (Å²) < 4.78 is 0. The quantitative estimate of drug-likeness (QED) is 0.727. The summed E-state index contributed by atoms with van der Waals surface area (Å²) in [6, 6.07) is 7.76. The first-order valence-electron chi connectivity index (χ1n) is 8.23. The van der Waals surface area contributed by atoms with E-state index in [9.17, 15) is 9.59 Å².